The molecule has 0 bridgehead atoms. The van der Waals surface area contributed by atoms with E-state index < -0.39 is 57.6 Å². The molecule has 0 aromatic carbocycles. The molecule has 0 aromatic heterocycles. The minimum absolute atomic E-state index is 0.142. The second-order valence-electron chi connectivity index (χ2n) is 18.8. The van der Waals surface area contributed by atoms with E-state index in [2.05, 4.69) is 55.6 Å². The number of aliphatic hydroxyl groups excluding tert-OH is 1. The third-order valence-electron chi connectivity index (χ3n) is 12.2. The number of rotatable bonds is 52. The van der Waals surface area contributed by atoms with Gasteiger partial charge < -0.3 is 25.2 Å². The lowest BCUT2D eigenvalue weighted by Gasteiger charge is -2.18. The van der Waals surface area contributed by atoms with Crippen LogP contribution < -0.4 is 5.32 Å². The number of carboxylic acids is 1. The SMILES string of the molecule is CCCCC/C=C\C/C=C\C/C=C\CCCCCCCCCCCCC(=O)NC(COP(=O)(O)OCC(O)COC(=O)CCCCCCCCCCCCCCCCCCCCCC)C(=O)O. The molecule has 0 spiro atoms. The first-order valence-corrected chi connectivity index (χ1v) is 29.0. The molecule has 1 amide bonds. The topological polar surface area (TPSA) is 169 Å². The van der Waals surface area contributed by atoms with Gasteiger partial charge in [-0.25, -0.2) is 9.36 Å². The summed E-state index contributed by atoms with van der Waals surface area (Å²) >= 11 is 0. The van der Waals surface area contributed by atoms with E-state index in [1.165, 1.54) is 161 Å². The Morgan fingerprint density at radius 3 is 1.25 bits per heavy atom. The summed E-state index contributed by atoms with van der Waals surface area (Å²) in [6.45, 7) is 2.62. The van der Waals surface area contributed by atoms with Gasteiger partial charge in [0.25, 0.3) is 0 Å². The first-order chi connectivity index (χ1) is 32.6. The average Bonchev–Trinajstić information content (AvgIpc) is 3.31. The van der Waals surface area contributed by atoms with Gasteiger partial charge in [0.15, 0.2) is 6.04 Å². The molecule has 0 heterocycles. The summed E-state index contributed by atoms with van der Waals surface area (Å²) in [5.74, 6) is -2.36. The lowest BCUT2D eigenvalue weighted by atomic mass is 10.0. The fraction of sp³-hybridized carbons (Fsp3) is 0.836. The van der Waals surface area contributed by atoms with Gasteiger partial charge in [0.2, 0.25) is 5.91 Å². The molecule has 11 nitrogen and oxygen atoms in total. The smallest absolute Gasteiger partial charge is 0.472 e. The van der Waals surface area contributed by atoms with Gasteiger partial charge in [-0.1, -0.05) is 237 Å². The van der Waals surface area contributed by atoms with Crippen LogP contribution in [-0.2, 0) is 32.7 Å². The molecule has 392 valence electrons. The van der Waals surface area contributed by atoms with Crippen molar-refractivity contribution in [1.82, 2.24) is 5.32 Å². The zero-order valence-corrected chi connectivity index (χ0v) is 43.9. The van der Waals surface area contributed by atoms with Gasteiger partial charge in [-0.2, -0.15) is 0 Å². The maximum atomic E-state index is 12.4. The van der Waals surface area contributed by atoms with E-state index in [0.29, 0.717) is 12.8 Å². The number of esters is 1. The van der Waals surface area contributed by atoms with E-state index in [1.807, 2.05) is 0 Å². The van der Waals surface area contributed by atoms with E-state index in [4.69, 9.17) is 13.8 Å². The van der Waals surface area contributed by atoms with E-state index in [0.717, 1.165) is 64.2 Å². The Morgan fingerprint density at radius 2 is 0.821 bits per heavy atom. The minimum Gasteiger partial charge on any atom is -0.480 e. The number of aliphatic hydroxyl groups is 1. The van der Waals surface area contributed by atoms with Crippen molar-refractivity contribution in [2.45, 2.75) is 276 Å². The van der Waals surface area contributed by atoms with Crippen molar-refractivity contribution in [3.05, 3.63) is 36.5 Å². The van der Waals surface area contributed by atoms with Crippen LogP contribution in [0.5, 0.6) is 0 Å². The summed E-state index contributed by atoms with van der Waals surface area (Å²) in [7, 11) is -4.76. The Bertz CT molecular complexity index is 1270. The molecule has 0 aliphatic heterocycles. The summed E-state index contributed by atoms with van der Waals surface area (Å²) in [5, 5.41) is 22.0. The molecule has 0 aromatic rings. The molecular weight excluding hydrogens is 866 g/mol. The number of nitrogens with one attached hydrogen (secondary N) is 1. The molecule has 0 rings (SSSR count). The number of aliphatic carboxylic acids is 1. The van der Waals surface area contributed by atoms with Gasteiger partial charge in [0, 0.05) is 12.8 Å². The van der Waals surface area contributed by atoms with Crippen molar-refractivity contribution in [3.63, 3.8) is 0 Å². The highest BCUT2D eigenvalue weighted by Gasteiger charge is 2.28. The minimum atomic E-state index is -4.76. The number of carbonyl (C=O) groups is 3. The highest BCUT2D eigenvalue weighted by atomic mass is 31.2. The van der Waals surface area contributed by atoms with Gasteiger partial charge in [0.1, 0.15) is 12.7 Å². The van der Waals surface area contributed by atoms with Crippen LogP contribution >= 0.6 is 7.82 Å². The van der Waals surface area contributed by atoms with Crippen molar-refractivity contribution < 1.29 is 47.8 Å². The third kappa shape index (κ3) is 49.9. The second-order valence-corrected chi connectivity index (χ2v) is 20.2. The average molecular weight is 968 g/mol. The predicted octanol–water partition coefficient (Wildman–Crippen LogP) is 15.5. The normalized spacial score (nSPS) is 13.7. The number of phosphoric ester groups is 1. The molecule has 0 fully saturated rings. The maximum absolute atomic E-state index is 12.4. The summed E-state index contributed by atoms with van der Waals surface area (Å²) < 4.78 is 27.0. The Morgan fingerprint density at radius 1 is 0.478 bits per heavy atom. The van der Waals surface area contributed by atoms with Crippen LogP contribution in [0.15, 0.2) is 36.5 Å². The number of ether oxygens (including phenoxy) is 1. The zero-order chi connectivity index (χ0) is 49.2. The van der Waals surface area contributed by atoms with Crippen LogP contribution in [0.1, 0.15) is 264 Å². The van der Waals surface area contributed by atoms with Gasteiger partial charge in [0.05, 0.1) is 13.2 Å². The van der Waals surface area contributed by atoms with Crippen molar-refractivity contribution in [2.75, 3.05) is 19.8 Å². The van der Waals surface area contributed by atoms with E-state index >= 15 is 0 Å². The number of unbranched alkanes of at least 4 members (excludes halogenated alkanes) is 32. The molecule has 12 heteroatoms. The molecule has 0 saturated carbocycles. The molecule has 67 heavy (non-hydrogen) atoms. The standard InChI is InChI=1S/C55H102NO10P/c1-3-5-7-9-11-13-15-17-19-21-23-25-26-27-28-30-32-34-36-38-40-42-44-46-53(58)56-52(55(60)61)50-66-67(62,63)65-49-51(57)48-64-54(59)47-45-43-41-39-37-35-33-31-29-24-22-20-18-16-14-12-10-8-6-4-2/h11,13,17,19,23,25,51-52,57H,3-10,12,14-16,18,20-22,24,26-50H2,1-2H3,(H,56,58)(H,60,61)(H,62,63)/b13-11-,19-17-,25-23-. The van der Waals surface area contributed by atoms with Crippen LogP contribution in [0.4, 0.5) is 0 Å². The fourth-order valence-electron chi connectivity index (χ4n) is 7.91. The molecule has 0 saturated heterocycles. The molecular formula is C55H102NO10P. The number of allylic oxidation sites excluding steroid dienone is 6. The van der Waals surface area contributed by atoms with Crippen molar-refractivity contribution in [1.29, 1.82) is 0 Å². The summed E-state index contributed by atoms with van der Waals surface area (Å²) in [4.78, 5) is 46.2. The lowest BCUT2D eigenvalue weighted by Crippen LogP contribution is -2.43. The van der Waals surface area contributed by atoms with Gasteiger partial charge in [-0.15, -0.1) is 0 Å². The number of carboxylic acid groups (broad SMARTS) is 1. The van der Waals surface area contributed by atoms with Crippen molar-refractivity contribution in [2.24, 2.45) is 0 Å². The Hall–Kier alpha value is -2.30. The number of hydrogen-bond donors (Lipinski definition) is 4. The second kappa shape index (κ2) is 50.1. The highest BCUT2D eigenvalue weighted by molar-refractivity contribution is 7.47. The third-order valence-corrected chi connectivity index (χ3v) is 13.1. The number of hydrogen-bond acceptors (Lipinski definition) is 8. The summed E-state index contributed by atoms with van der Waals surface area (Å²) in [6.07, 6.45) is 57.3. The number of phosphoric acid groups is 1. The lowest BCUT2D eigenvalue weighted by molar-refractivity contribution is -0.147. The summed E-state index contributed by atoms with van der Waals surface area (Å²) in [6, 6.07) is -1.55. The number of carbonyl (C=O) groups excluding carboxylic acids is 2. The first-order valence-electron chi connectivity index (χ1n) is 27.5. The molecule has 0 aliphatic carbocycles. The van der Waals surface area contributed by atoms with Crippen LogP contribution in [0, 0.1) is 0 Å². The quantitative estimate of drug-likeness (QED) is 0.0199. The van der Waals surface area contributed by atoms with E-state index in [-0.39, 0.29) is 12.8 Å². The summed E-state index contributed by atoms with van der Waals surface area (Å²) in [5.41, 5.74) is 0. The Balaban J connectivity index is 3.79. The molecule has 0 radical (unpaired) electrons. The predicted molar refractivity (Wildman–Crippen MR) is 277 cm³/mol. The van der Waals surface area contributed by atoms with Crippen LogP contribution in [0.3, 0.4) is 0 Å². The largest absolute Gasteiger partial charge is 0.480 e. The molecule has 3 unspecified atom stereocenters. The molecule has 3 atom stereocenters. The molecule has 0 aliphatic rings. The number of amides is 1. The Kier molecular flexibility index (Phi) is 48.4. The maximum Gasteiger partial charge on any atom is 0.472 e. The van der Waals surface area contributed by atoms with Gasteiger partial charge >= 0.3 is 19.8 Å². The fourth-order valence-corrected chi connectivity index (χ4v) is 8.69. The zero-order valence-electron chi connectivity index (χ0n) is 43.0. The van der Waals surface area contributed by atoms with Crippen LogP contribution in [-0.4, -0.2) is 64.9 Å². The van der Waals surface area contributed by atoms with E-state index in [1.54, 1.807) is 0 Å². The van der Waals surface area contributed by atoms with Crippen LogP contribution in [0.25, 0.3) is 0 Å². The molecule has 4 N–H and O–H groups in total. The Labute approximate surface area is 410 Å². The van der Waals surface area contributed by atoms with Gasteiger partial charge in [-0.3, -0.25) is 18.6 Å². The van der Waals surface area contributed by atoms with Gasteiger partial charge in [-0.05, 0) is 51.4 Å². The van der Waals surface area contributed by atoms with Crippen molar-refractivity contribution in [3.8, 4) is 0 Å². The van der Waals surface area contributed by atoms with E-state index in [9.17, 15) is 34.1 Å². The van der Waals surface area contributed by atoms with Crippen molar-refractivity contribution >= 4 is 25.7 Å². The van der Waals surface area contributed by atoms with Crippen LogP contribution in [0.2, 0.25) is 0 Å². The highest BCUT2D eigenvalue weighted by Crippen LogP contribution is 2.43. The first kappa shape index (κ1) is 64.7. The monoisotopic (exact) mass is 968 g/mol.